The van der Waals surface area contributed by atoms with Gasteiger partial charge in [0.2, 0.25) is 0 Å². The molecule has 2 rings (SSSR count). The Kier molecular flexibility index (Phi) is 4.24. The molecule has 2 aromatic rings. The number of benzene rings is 2. The number of halogens is 2. The third-order valence-electron chi connectivity index (χ3n) is 2.50. The summed E-state index contributed by atoms with van der Waals surface area (Å²) < 4.78 is 0.915. The van der Waals surface area contributed by atoms with Gasteiger partial charge in [-0.1, -0.05) is 45.7 Å². The molecule has 0 saturated heterocycles. The van der Waals surface area contributed by atoms with Crippen molar-refractivity contribution < 1.29 is 0 Å². The lowest BCUT2D eigenvalue weighted by Crippen LogP contribution is -2.08. The molecule has 0 aliphatic rings. The molecule has 0 radical (unpaired) electrons. The Hall–Kier alpha value is -1.50. The highest BCUT2D eigenvalue weighted by atomic mass is 79.9. The van der Waals surface area contributed by atoms with Crippen molar-refractivity contribution in [3.63, 3.8) is 0 Å². The number of rotatable bonds is 3. The fourth-order valence-electron chi connectivity index (χ4n) is 1.60. The van der Waals surface area contributed by atoms with Gasteiger partial charge in [-0.3, -0.25) is 0 Å². The van der Waals surface area contributed by atoms with E-state index in [-0.39, 0.29) is 0 Å². The lowest BCUT2D eigenvalue weighted by Gasteiger charge is -2.14. The number of hydrogen-bond acceptors (Lipinski definition) is 2. The van der Waals surface area contributed by atoms with Crippen molar-refractivity contribution in [1.82, 2.24) is 0 Å². The highest BCUT2D eigenvalue weighted by molar-refractivity contribution is 9.10. The van der Waals surface area contributed by atoms with Crippen LogP contribution in [-0.2, 0) is 0 Å². The first-order valence-electron chi connectivity index (χ1n) is 5.37. The molecule has 1 unspecified atom stereocenters. The van der Waals surface area contributed by atoms with Crippen LogP contribution in [0, 0.1) is 11.3 Å². The lowest BCUT2D eigenvalue weighted by atomic mass is 10.1. The molecule has 0 saturated carbocycles. The smallest absolute Gasteiger partial charge is 0.141 e. The van der Waals surface area contributed by atoms with E-state index >= 15 is 0 Å². The number of nitrogens with one attached hydrogen (secondary N) is 1. The molecule has 0 aliphatic carbocycles. The van der Waals surface area contributed by atoms with E-state index in [9.17, 15) is 5.26 Å². The van der Waals surface area contributed by atoms with Crippen molar-refractivity contribution in [3.05, 3.63) is 63.6 Å². The van der Waals surface area contributed by atoms with E-state index in [1.54, 1.807) is 12.1 Å². The van der Waals surface area contributed by atoms with Gasteiger partial charge in [0.05, 0.1) is 6.07 Å². The van der Waals surface area contributed by atoms with E-state index in [1.807, 2.05) is 36.4 Å². The summed E-state index contributed by atoms with van der Waals surface area (Å²) in [6, 6.07) is 16.8. The van der Waals surface area contributed by atoms with E-state index < -0.39 is 6.04 Å². The van der Waals surface area contributed by atoms with Gasteiger partial charge in [0.25, 0.3) is 0 Å². The Morgan fingerprint density at radius 2 is 1.78 bits per heavy atom. The zero-order chi connectivity index (χ0) is 13.0. The van der Waals surface area contributed by atoms with Gasteiger partial charge in [0.15, 0.2) is 0 Å². The molecule has 0 aliphatic heterocycles. The molecular weight excluding hydrogens is 312 g/mol. The third-order valence-corrected chi connectivity index (χ3v) is 3.47. The van der Waals surface area contributed by atoms with Crippen molar-refractivity contribution in [2.45, 2.75) is 6.04 Å². The van der Waals surface area contributed by atoms with Crippen LogP contribution in [0.25, 0.3) is 0 Å². The maximum absolute atomic E-state index is 9.26. The Morgan fingerprint density at radius 1 is 1.11 bits per heavy atom. The molecule has 2 aromatic carbocycles. The Balaban J connectivity index is 2.23. The first kappa shape index (κ1) is 12.9. The summed E-state index contributed by atoms with van der Waals surface area (Å²) >= 11 is 9.27. The number of anilines is 1. The average molecular weight is 322 g/mol. The van der Waals surface area contributed by atoms with Crippen LogP contribution in [0.4, 0.5) is 5.69 Å². The molecule has 0 amide bonds. The SMILES string of the molecule is N#CC(Nc1ccc(Cl)cc1)c1ccccc1Br. The average Bonchev–Trinajstić information content (AvgIpc) is 2.39. The van der Waals surface area contributed by atoms with Gasteiger partial charge >= 0.3 is 0 Å². The molecule has 0 bridgehead atoms. The van der Waals surface area contributed by atoms with Crippen molar-refractivity contribution in [1.29, 1.82) is 5.26 Å². The quantitative estimate of drug-likeness (QED) is 0.883. The predicted molar refractivity (Wildman–Crippen MR) is 77.6 cm³/mol. The Labute approximate surface area is 119 Å². The van der Waals surface area contributed by atoms with Crippen LogP contribution in [0.15, 0.2) is 53.0 Å². The van der Waals surface area contributed by atoms with Crippen LogP contribution < -0.4 is 5.32 Å². The Bertz CT molecular complexity index is 575. The van der Waals surface area contributed by atoms with Gasteiger partial charge in [0, 0.05) is 20.7 Å². The van der Waals surface area contributed by atoms with Crippen molar-refractivity contribution in [2.75, 3.05) is 5.32 Å². The summed E-state index contributed by atoms with van der Waals surface area (Å²) in [5, 5.41) is 13.1. The van der Waals surface area contributed by atoms with E-state index in [0.717, 1.165) is 15.7 Å². The summed E-state index contributed by atoms with van der Waals surface area (Å²) in [6.07, 6.45) is 0. The topological polar surface area (TPSA) is 35.8 Å². The molecule has 18 heavy (non-hydrogen) atoms. The van der Waals surface area contributed by atoms with Gasteiger partial charge in [-0.15, -0.1) is 0 Å². The molecule has 0 heterocycles. The molecule has 0 aromatic heterocycles. The van der Waals surface area contributed by atoms with Crippen molar-refractivity contribution in [3.8, 4) is 6.07 Å². The van der Waals surface area contributed by atoms with Crippen LogP contribution in [0.1, 0.15) is 11.6 Å². The van der Waals surface area contributed by atoms with Crippen molar-refractivity contribution in [2.24, 2.45) is 0 Å². The maximum Gasteiger partial charge on any atom is 0.141 e. The normalized spacial score (nSPS) is 11.6. The molecule has 4 heteroatoms. The minimum absolute atomic E-state index is 0.401. The zero-order valence-corrected chi connectivity index (χ0v) is 11.7. The molecule has 2 nitrogen and oxygen atoms in total. The van der Waals surface area contributed by atoms with Gasteiger partial charge < -0.3 is 5.32 Å². The minimum atomic E-state index is -0.401. The molecule has 1 N–H and O–H groups in total. The highest BCUT2D eigenvalue weighted by Crippen LogP contribution is 2.26. The number of nitrogens with zero attached hydrogens (tertiary/aromatic N) is 1. The monoisotopic (exact) mass is 320 g/mol. The molecule has 0 spiro atoms. The van der Waals surface area contributed by atoms with Crippen LogP contribution >= 0.6 is 27.5 Å². The summed E-state index contributed by atoms with van der Waals surface area (Å²) in [4.78, 5) is 0. The van der Waals surface area contributed by atoms with Crippen LogP contribution in [0.2, 0.25) is 5.02 Å². The van der Waals surface area contributed by atoms with Gasteiger partial charge in [-0.05, 0) is 30.3 Å². The minimum Gasteiger partial charge on any atom is -0.366 e. The summed E-state index contributed by atoms with van der Waals surface area (Å²) in [7, 11) is 0. The summed E-state index contributed by atoms with van der Waals surface area (Å²) in [6.45, 7) is 0. The van der Waals surface area contributed by atoms with Gasteiger partial charge in [0.1, 0.15) is 6.04 Å². The molecule has 0 fully saturated rings. The summed E-state index contributed by atoms with van der Waals surface area (Å²) in [5.41, 5.74) is 1.77. The van der Waals surface area contributed by atoms with Gasteiger partial charge in [-0.25, -0.2) is 0 Å². The van der Waals surface area contributed by atoms with Crippen LogP contribution in [-0.4, -0.2) is 0 Å². The zero-order valence-electron chi connectivity index (χ0n) is 9.40. The lowest BCUT2D eigenvalue weighted by molar-refractivity contribution is 0.990. The fraction of sp³-hybridized carbons (Fsp3) is 0.0714. The number of hydrogen-bond donors (Lipinski definition) is 1. The van der Waals surface area contributed by atoms with Gasteiger partial charge in [-0.2, -0.15) is 5.26 Å². The second-order valence-electron chi connectivity index (χ2n) is 3.73. The van der Waals surface area contributed by atoms with E-state index in [4.69, 9.17) is 11.6 Å². The van der Waals surface area contributed by atoms with E-state index in [0.29, 0.717) is 5.02 Å². The maximum atomic E-state index is 9.26. The van der Waals surface area contributed by atoms with Crippen LogP contribution in [0.5, 0.6) is 0 Å². The Morgan fingerprint density at radius 3 is 2.39 bits per heavy atom. The van der Waals surface area contributed by atoms with E-state index in [1.165, 1.54) is 0 Å². The first-order valence-corrected chi connectivity index (χ1v) is 6.54. The van der Waals surface area contributed by atoms with Crippen molar-refractivity contribution >= 4 is 33.2 Å². The molecule has 90 valence electrons. The molecular formula is C14H10BrClN2. The van der Waals surface area contributed by atoms with E-state index in [2.05, 4.69) is 27.3 Å². The second-order valence-corrected chi connectivity index (χ2v) is 5.03. The first-order chi connectivity index (χ1) is 8.70. The number of nitriles is 1. The molecule has 1 atom stereocenters. The summed E-state index contributed by atoms with van der Waals surface area (Å²) in [5.74, 6) is 0. The second kappa shape index (κ2) is 5.90. The fourth-order valence-corrected chi connectivity index (χ4v) is 2.24. The highest BCUT2D eigenvalue weighted by Gasteiger charge is 2.12. The largest absolute Gasteiger partial charge is 0.366 e. The van der Waals surface area contributed by atoms with Crippen LogP contribution in [0.3, 0.4) is 0 Å². The predicted octanol–water partition coefficient (Wildman–Crippen LogP) is 4.78. The standard InChI is InChI=1S/C14H10BrClN2/c15-13-4-2-1-3-12(13)14(9-17)18-11-7-5-10(16)6-8-11/h1-8,14,18H. The third kappa shape index (κ3) is 3.04.